The molecule has 1 aliphatic carbocycles. The Labute approximate surface area is 113 Å². The van der Waals surface area contributed by atoms with E-state index in [4.69, 9.17) is 0 Å². The van der Waals surface area contributed by atoms with Crippen LogP contribution in [0.3, 0.4) is 0 Å². The molecular formula is C13H14BrF2NO. The average Bonchev–Trinajstić information content (AvgIpc) is 2.77. The number of hydrogen-bond acceptors (Lipinski definition) is 1. The van der Waals surface area contributed by atoms with E-state index < -0.39 is 17.5 Å². The molecule has 2 nitrogen and oxygen atoms in total. The molecule has 1 amide bonds. The molecule has 0 aromatic heterocycles. The summed E-state index contributed by atoms with van der Waals surface area (Å²) >= 11 is 3.40. The lowest BCUT2D eigenvalue weighted by Gasteiger charge is -2.28. The Morgan fingerprint density at radius 2 is 1.78 bits per heavy atom. The molecule has 1 aromatic carbocycles. The Balaban J connectivity index is 2.16. The summed E-state index contributed by atoms with van der Waals surface area (Å²) in [6.45, 7) is 0. The van der Waals surface area contributed by atoms with Crippen LogP contribution in [0.2, 0.25) is 0 Å². The Bertz CT molecular complexity index is 438. The average molecular weight is 318 g/mol. The summed E-state index contributed by atoms with van der Waals surface area (Å²) in [6.07, 6.45) is 3.90. The highest BCUT2D eigenvalue weighted by molar-refractivity contribution is 9.09. The van der Waals surface area contributed by atoms with E-state index in [0.717, 1.165) is 43.9 Å². The van der Waals surface area contributed by atoms with Crippen LogP contribution in [0, 0.1) is 11.6 Å². The van der Waals surface area contributed by atoms with Crippen molar-refractivity contribution in [1.82, 2.24) is 5.32 Å². The molecule has 1 N–H and O–H groups in total. The normalized spacial score (nSPS) is 17.7. The third-order valence-corrected chi connectivity index (χ3v) is 4.39. The summed E-state index contributed by atoms with van der Waals surface area (Å²) in [7, 11) is 0. The third-order valence-electron chi connectivity index (χ3n) is 3.32. The molecule has 1 aromatic rings. The van der Waals surface area contributed by atoms with E-state index in [9.17, 15) is 13.6 Å². The highest BCUT2D eigenvalue weighted by atomic mass is 79.9. The van der Waals surface area contributed by atoms with Crippen LogP contribution in [-0.2, 0) is 0 Å². The summed E-state index contributed by atoms with van der Waals surface area (Å²) in [5, 5.41) is 3.55. The van der Waals surface area contributed by atoms with Crippen LogP contribution in [0.5, 0.6) is 0 Å². The first-order valence-corrected chi connectivity index (χ1v) is 7.01. The van der Waals surface area contributed by atoms with Gasteiger partial charge < -0.3 is 5.32 Å². The molecule has 1 saturated carbocycles. The minimum atomic E-state index is -0.737. The Morgan fingerprint density at radius 3 is 2.28 bits per heavy atom. The second kappa shape index (κ2) is 5.34. The Kier molecular flexibility index (Phi) is 4.00. The van der Waals surface area contributed by atoms with Crippen LogP contribution in [0.25, 0.3) is 0 Å². The molecule has 0 atom stereocenters. The van der Waals surface area contributed by atoms with Crippen LogP contribution >= 0.6 is 15.9 Å². The van der Waals surface area contributed by atoms with E-state index in [1.54, 1.807) is 0 Å². The molecule has 2 rings (SSSR count). The molecule has 0 saturated heterocycles. The monoisotopic (exact) mass is 317 g/mol. The molecule has 0 radical (unpaired) electrons. The fourth-order valence-corrected chi connectivity index (χ4v) is 3.04. The van der Waals surface area contributed by atoms with Gasteiger partial charge in [0.15, 0.2) is 0 Å². The van der Waals surface area contributed by atoms with E-state index in [1.165, 1.54) is 0 Å². The predicted molar refractivity (Wildman–Crippen MR) is 68.8 cm³/mol. The van der Waals surface area contributed by atoms with Crippen LogP contribution in [0.1, 0.15) is 36.0 Å². The number of alkyl halides is 1. The van der Waals surface area contributed by atoms with Crippen LogP contribution in [0.15, 0.2) is 18.2 Å². The number of benzene rings is 1. The van der Waals surface area contributed by atoms with Crippen molar-refractivity contribution in [3.05, 3.63) is 35.4 Å². The number of nitrogens with one attached hydrogen (secondary N) is 1. The lowest BCUT2D eigenvalue weighted by molar-refractivity contribution is 0.0909. The van der Waals surface area contributed by atoms with Gasteiger partial charge in [-0.1, -0.05) is 28.8 Å². The molecule has 1 fully saturated rings. The van der Waals surface area contributed by atoms with Crippen molar-refractivity contribution < 1.29 is 13.6 Å². The van der Waals surface area contributed by atoms with Crippen LogP contribution in [0.4, 0.5) is 8.78 Å². The summed E-state index contributed by atoms with van der Waals surface area (Å²) in [6, 6.07) is 2.86. The van der Waals surface area contributed by atoms with Crippen LogP contribution in [-0.4, -0.2) is 16.8 Å². The van der Waals surface area contributed by atoms with Crippen molar-refractivity contribution in [2.24, 2.45) is 0 Å². The summed E-state index contributed by atoms with van der Waals surface area (Å²) < 4.78 is 26.1. The van der Waals surface area contributed by atoms with Gasteiger partial charge in [0.05, 0.1) is 5.54 Å². The Hall–Kier alpha value is -0.970. The third kappa shape index (κ3) is 2.88. The molecule has 0 heterocycles. The number of amides is 1. The molecule has 0 aliphatic heterocycles. The van der Waals surface area contributed by atoms with E-state index in [0.29, 0.717) is 5.33 Å². The van der Waals surface area contributed by atoms with E-state index in [1.807, 2.05) is 0 Å². The van der Waals surface area contributed by atoms with Gasteiger partial charge in [-0.05, 0) is 25.0 Å². The number of halogens is 3. The quantitative estimate of drug-likeness (QED) is 0.850. The van der Waals surface area contributed by atoms with E-state index >= 15 is 0 Å². The number of rotatable bonds is 3. The van der Waals surface area contributed by atoms with Gasteiger partial charge in [0, 0.05) is 17.0 Å². The maximum Gasteiger partial charge on any atom is 0.251 e. The molecule has 98 valence electrons. The lowest BCUT2D eigenvalue weighted by Crippen LogP contribution is -2.47. The van der Waals surface area contributed by atoms with Crippen molar-refractivity contribution in [2.45, 2.75) is 31.2 Å². The van der Waals surface area contributed by atoms with Gasteiger partial charge in [-0.3, -0.25) is 4.79 Å². The second-order valence-corrected chi connectivity index (χ2v) is 5.29. The first-order valence-electron chi connectivity index (χ1n) is 5.89. The molecule has 0 bridgehead atoms. The standard InChI is InChI=1S/C13H14BrF2NO/c14-8-13(3-1-2-4-13)17-12(18)9-5-10(15)7-11(16)6-9/h5-7H,1-4,8H2,(H,17,18). The zero-order valence-corrected chi connectivity index (χ0v) is 11.4. The number of carbonyl (C=O) groups is 1. The van der Waals surface area contributed by atoms with Gasteiger partial charge in [0.2, 0.25) is 0 Å². The highest BCUT2D eigenvalue weighted by Gasteiger charge is 2.34. The fourth-order valence-electron chi connectivity index (χ4n) is 2.34. The summed E-state index contributed by atoms with van der Waals surface area (Å²) in [5.74, 6) is -1.89. The Morgan fingerprint density at radius 1 is 1.22 bits per heavy atom. The van der Waals surface area contributed by atoms with Gasteiger partial charge in [-0.15, -0.1) is 0 Å². The maximum absolute atomic E-state index is 13.0. The molecule has 0 unspecified atom stereocenters. The molecule has 0 spiro atoms. The van der Waals surface area contributed by atoms with E-state index in [2.05, 4.69) is 21.2 Å². The first kappa shape index (κ1) is 13.5. The van der Waals surface area contributed by atoms with Gasteiger partial charge in [-0.2, -0.15) is 0 Å². The lowest BCUT2D eigenvalue weighted by atomic mass is 10.00. The molecular weight excluding hydrogens is 304 g/mol. The van der Waals surface area contributed by atoms with Gasteiger partial charge >= 0.3 is 0 Å². The number of carbonyl (C=O) groups excluding carboxylic acids is 1. The zero-order chi connectivity index (χ0) is 13.2. The second-order valence-electron chi connectivity index (χ2n) is 4.73. The largest absolute Gasteiger partial charge is 0.346 e. The molecule has 18 heavy (non-hydrogen) atoms. The summed E-state index contributed by atoms with van der Waals surface area (Å²) in [5.41, 5.74) is -0.250. The number of hydrogen-bond donors (Lipinski definition) is 1. The van der Waals surface area contributed by atoms with E-state index in [-0.39, 0.29) is 11.1 Å². The SMILES string of the molecule is O=C(NC1(CBr)CCCC1)c1cc(F)cc(F)c1. The van der Waals surface area contributed by atoms with Crippen molar-refractivity contribution >= 4 is 21.8 Å². The fraction of sp³-hybridized carbons (Fsp3) is 0.462. The van der Waals surface area contributed by atoms with Crippen molar-refractivity contribution in [3.8, 4) is 0 Å². The summed E-state index contributed by atoms with van der Waals surface area (Å²) in [4.78, 5) is 12.0. The predicted octanol–water partition coefficient (Wildman–Crippen LogP) is 3.40. The van der Waals surface area contributed by atoms with Gasteiger partial charge in [0.1, 0.15) is 11.6 Å². The zero-order valence-electron chi connectivity index (χ0n) is 9.81. The minimum absolute atomic E-state index is 0.0275. The smallest absolute Gasteiger partial charge is 0.251 e. The maximum atomic E-state index is 13.0. The van der Waals surface area contributed by atoms with Gasteiger partial charge in [0.25, 0.3) is 5.91 Å². The topological polar surface area (TPSA) is 29.1 Å². The van der Waals surface area contributed by atoms with Crippen molar-refractivity contribution in [2.75, 3.05) is 5.33 Å². The van der Waals surface area contributed by atoms with Crippen molar-refractivity contribution in [3.63, 3.8) is 0 Å². The first-order chi connectivity index (χ1) is 8.54. The van der Waals surface area contributed by atoms with Crippen molar-refractivity contribution in [1.29, 1.82) is 0 Å². The molecule has 5 heteroatoms. The minimum Gasteiger partial charge on any atom is -0.346 e. The van der Waals surface area contributed by atoms with Crippen LogP contribution < -0.4 is 5.32 Å². The van der Waals surface area contributed by atoms with Gasteiger partial charge in [-0.25, -0.2) is 8.78 Å². The highest BCUT2D eigenvalue weighted by Crippen LogP contribution is 2.31. The molecule has 1 aliphatic rings.